The third-order valence-corrected chi connectivity index (χ3v) is 3.19. The summed E-state index contributed by atoms with van der Waals surface area (Å²) in [7, 11) is -1.45. The van der Waals surface area contributed by atoms with Crippen LogP contribution in [0.5, 0.6) is 5.75 Å². The molecule has 0 aliphatic rings. The predicted molar refractivity (Wildman–Crippen MR) is 81.1 cm³/mol. The molecule has 0 saturated heterocycles. The molecule has 0 amide bonds. The van der Waals surface area contributed by atoms with E-state index in [-0.39, 0.29) is 5.92 Å². The average molecular weight is 270 g/mol. The summed E-state index contributed by atoms with van der Waals surface area (Å²) in [6.45, 7) is 4.61. The number of ether oxygens (including phenoxy) is 1. The van der Waals surface area contributed by atoms with Gasteiger partial charge in [0.05, 0.1) is 0 Å². The highest BCUT2D eigenvalue weighted by Crippen LogP contribution is 2.26. The highest BCUT2D eigenvalue weighted by atomic mass is 16.5. The zero-order valence-corrected chi connectivity index (χ0v) is 11.8. The maximum Gasteiger partial charge on any atom is 0.488 e. The Morgan fingerprint density at radius 1 is 1.05 bits per heavy atom. The molecular formula is C16H19BO3. The Kier molecular flexibility index (Phi) is 4.82. The third kappa shape index (κ3) is 3.62. The Balaban J connectivity index is 2.18. The summed E-state index contributed by atoms with van der Waals surface area (Å²) in [6, 6.07) is 15.2. The van der Waals surface area contributed by atoms with E-state index in [1.165, 1.54) is 0 Å². The molecule has 0 radical (unpaired) electrons. The van der Waals surface area contributed by atoms with E-state index >= 15 is 0 Å². The van der Waals surface area contributed by atoms with Crippen LogP contribution in [-0.2, 0) is 6.61 Å². The molecule has 2 aromatic rings. The van der Waals surface area contributed by atoms with Gasteiger partial charge in [0.25, 0.3) is 0 Å². The lowest BCUT2D eigenvalue weighted by Gasteiger charge is -2.15. The number of rotatable bonds is 5. The van der Waals surface area contributed by atoms with Crippen LogP contribution in [-0.4, -0.2) is 17.2 Å². The molecule has 0 saturated carbocycles. The van der Waals surface area contributed by atoms with Crippen molar-refractivity contribution < 1.29 is 14.8 Å². The first-order valence-corrected chi connectivity index (χ1v) is 6.74. The quantitative estimate of drug-likeness (QED) is 0.818. The summed E-state index contributed by atoms with van der Waals surface area (Å²) in [4.78, 5) is 0. The summed E-state index contributed by atoms with van der Waals surface area (Å²) >= 11 is 0. The topological polar surface area (TPSA) is 49.7 Å². The second-order valence-corrected chi connectivity index (χ2v) is 5.10. The molecule has 4 heteroatoms. The van der Waals surface area contributed by atoms with E-state index < -0.39 is 7.12 Å². The van der Waals surface area contributed by atoms with Gasteiger partial charge in [-0.05, 0) is 28.6 Å². The number of hydrogen-bond donors (Lipinski definition) is 2. The van der Waals surface area contributed by atoms with Crippen molar-refractivity contribution >= 4 is 12.6 Å². The summed E-state index contributed by atoms with van der Waals surface area (Å²) in [5.41, 5.74) is 2.57. The molecule has 20 heavy (non-hydrogen) atoms. The first-order valence-electron chi connectivity index (χ1n) is 6.74. The van der Waals surface area contributed by atoms with Crippen molar-refractivity contribution in [3.05, 3.63) is 59.7 Å². The van der Waals surface area contributed by atoms with Gasteiger partial charge < -0.3 is 14.8 Å². The van der Waals surface area contributed by atoms with Crippen molar-refractivity contribution in [1.29, 1.82) is 0 Å². The fourth-order valence-corrected chi connectivity index (χ4v) is 2.05. The van der Waals surface area contributed by atoms with Crippen molar-refractivity contribution in [3.8, 4) is 5.75 Å². The van der Waals surface area contributed by atoms with E-state index in [0.717, 1.165) is 16.9 Å². The minimum atomic E-state index is -1.45. The van der Waals surface area contributed by atoms with Crippen molar-refractivity contribution in [2.45, 2.75) is 26.4 Å². The molecule has 0 aliphatic heterocycles. The van der Waals surface area contributed by atoms with E-state index in [9.17, 15) is 10.0 Å². The largest absolute Gasteiger partial charge is 0.489 e. The van der Waals surface area contributed by atoms with Crippen LogP contribution in [0.2, 0.25) is 0 Å². The van der Waals surface area contributed by atoms with E-state index in [4.69, 9.17) is 4.74 Å². The van der Waals surface area contributed by atoms with Gasteiger partial charge in [-0.25, -0.2) is 0 Å². The smallest absolute Gasteiger partial charge is 0.488 e. The molecular weight excluding hydrogens is 251 g/mol. The maximum absolute atomic E-state index is 9.24. The van der Waals surface area contributed by atoms with E-state index in [1.807, 2.05) is 30.3 Å². The van der Waals surface area contributed by atoms with Crippen LogP contribution in [0.15, 0.2) is 48.5 Å². The molecule has 2 rings (SSSR count). The van der Waals surface area contributed by atoms with Crippen molar-refractivity contribution in [3.63, 3.8) is 0 Å². The molecule has 2 N–H and O–H groups in total. The second-order valence-electron chi connectivity index (χ2n) is 5.10. The first kappa shape index (κ1) is 14.6. The number of benzene rings is 2. The van der Waals surface area contributed by atoms with E-state index in [0.29, 0.717) is 12.1 Å². The molecule has 3 nitrogen and oxygen atoms in total. The van der Waals surface area contributed by atoms with Gasteiger partial charge in [-0.2, -0.15) is 0 Å². The van der Waals surface area contributed by atoms with E-state index in [1.54, 1.807) is 18.2 Å². The van der Waals surface area contributed by atoms with Crippen LogP contribution in [0.3, 0.4) is 0 Å². The van der Waals surface area contributed by atoms with Crippen molar-refractivity contribution in [2.75, 3.05) is 0 Å². The monoisotopic (exact) mass is 270 g/mol. The molecule has 0 aromatic heterocycles. The minimum absolute atomic E-state index is 0.250. The molecule has 0 unspecified atom stereocenters. The zero-order valence-electron chi connectivity index (χ0n) is 11.8. The number of hydrogen-bond acceptors (Lipinski definition) is 3. The first-order chi connectivity index (χ1) is 9.58. The molecule has 0 fully saturated rings. The summed E-state index contributed by atoms with van der Waals surface area (Å²) in [5.74, 6) is 1.03. The molecule has 0 atom stereocenters. The van der Waals surface area contributed by atoms with Crippen LogP contribution in [0.25, 0.3) is 0 Å². The van der Waals surface area contributed by atoms with Gasteiger partial charge in [0.2, 0.25) is 0 Å². The lowest BCUT2D eigenvalue weighted by molar-refractivity contribution is 0.302. The van der Waals surface area contributed by atoms with Crippen molar-refractivity contribution in [1.82, 2.24) is 0 Å². The molecule has 0 aliphatic carbocycles. The van der Waals surface area contributed by atoms with Gasteiger partial charge in [-0.3, -0.25) is 0 Å². The summed E-state index contributed by atoms with van der Waals surface area (Å²) in [6.07, 6.45) is 0. The lowest BCUT2D eigenvalue weighted by Crippen LogP contribution is -2.30. The Labute approximate surface area is 120 Å². The highest BCUT2D eigenvalue weighted by molar-refractivity contribution is 6.58. The Hall–Kier alpha value is -1.78. The Bertz CT molecular complexity index is 553. The Morgan fingerprint density at radius 3 is 2.35 bits per heavy atom. The molecule has 0 heterocycles. The van der Waals surface area contributed by atoms with Crippen LogP contribution in [0.4, 0.5) is 0 Å². The summed E-state index contributed by atoms with van der Waals surface area (Å²) in [5, 5.41) is 18.5. The lowest BCUT2D eigenvalue weighted by atomic mass is 9.78. The molecule has 2 aromatic carbocycles. The SMILES string of the molecule is CC(C)c1cc(B(O)O)ccc1OCc1ccccc1. The fraction of sp³-hybridized carbons (Fsp3) is 0.250. The highest BCUT2D eigenvalue weighted by Gasteiger charge is 2.15. The van der Waals surface area contributed by atoms with Crippen molar-refractivity contribution in [2.24, 2.45) is 0 Å². The average Bonchev–Trinajstić information content (AvgIpc) is 2.45. The summed E-state index contributed by atoms with van der Waals surface area (Å²) < 4.78 is 5.86. The minimum Gasteiger partial charge on any atom is -0.489 e. The van der Waals surface area contributed by atoms with Gasteiger partial charge in [0, 0.05) is 0 Å². The van der Waals surface area contributed by atoms with Gasteiger partial charge >= 0.3 is 7.12 Å². The van der Waals surface area contributed by atoms with Crippen LogP contribution < -0.4 is 10.2 Å². The molecule has 104 valence electrons. The van der Waals surface area contributed by atoms with E-state index in [2.05, 4.69) is 13.8 Å². The van der Waals surface area contributed by atoms with Gasteiger partial charge in [0.1, 0.15) is 12.4 Å². The van der Waals surface area contributed by atoms with Crippen LogP contribution in [0, 0.1) is 0 Å². The van der Waals surface area contributed by atoms with Crippen LogP contribution >= 0.6 is 0 Å². The standard InChI is InChI=1S/C16H19BO3/c1-12(2)15-10-14(17(18)19)8-9-16(15)20-11-13-6-4-3-5-7-13/h3-10,12,18-19H,11H2,1-2H3. The van der Waals surface area contributed by atoms with Gasteiger partial charge in [-0.1, -0.05) is 56.3 Å². The fourth-order valence-electron chi connectivity index (χ4n) is 2.05. The molecule has 0 spiro atoms. The zero-order chi connectivity index (χ0) is 14.5. The van der Waals surface area contributed by atoms with Gasteiger partial charge in [-0.15, -0.1) is 0 Å². The second kappa shape index (κ2) is 6.59. The maximum atomic E-state index is 9.24. The van der Waals surface area contributed by atoms with Crippen LogP contribution in [0.1, 0.15) is 30.9 Å². The predicted octanol–water partition coefficient (Wildman–Crippen LogP) is 2.07. The third-order valence-electron chi connectivity index (χ3n) is 3.19. The molecule has 0 bridgehead atoms. The van der Waals surface area contributed by atoms with Gasteiger partial charge in [0.15, 0.2) is 0 Å². The normalized spacial score (nSPS) is 10.7. The Morgan fingerprint density at radius 2 is 1.75 bits per heavy atom.